The van der Waals surface area contributed by atoms with Gasteiger partial charge in [0.15, 0.2) is 0 Å². The molecule has 0 aliphatic carbocycles. The van der Waals surface area contributed by atoms with Crippen LogP contribution in [0.25, 0.3) is 6.08 Å². The fourth-order valence-corrected chi connectivity index (χ4v) is 2.15. The molecule has 0 spiro atoms. The van der Waals surface area contributed by atoms with Gasteiger partial charge in [-0.05, 0) is 50.0 Å². The zero-order valence-corrected chi connectivity index (χ0v) is 12.0. The zero-order valence-electron chi connectivity index (χ0n) is 11.1. The summed E-state index contributed by atoms with van der Waals surface area (Å²) in [6, 6.07) is 7.56. The van der Waals surface area contributed by atoms with Crippen LogP contribution in [-0.2, 0) is 4.74 Å². The van der Waals surface area contributed by atoms with Gasteiger partial charge in [-0.2, -0.15) is 0 Å². The van der Waals surface area contributed by atoms with Gasteiger partial charge in [0.05, 0.1) is 12.7 Å². The third kappa shape index (κ3) is 4.69. The molecule has 4 heteroatoms. The summed E-state index contributed by atoms with van der Waals surface area (Å²) in [6.07, 6.45) is 5.70. The first-order valence-corrected chi connectivity index (χ1v) is 6.38. The highest BCUT2D eigenvalue weighted by atomic mass is 35.5. The number of hydrogen-bond acceptors (Lipinski definition) is 3. The number of ether oxygens (including phenoxy) is 1. The average molecular weight is 282 g/mol. The smallest absolute Gasteiger partial charge is 0.337 e. The topological polar surface area (TPSA) is 38.3 Å². The predicted octanol–water partition coefficient (Wildman–Crippen LogP) is 3.05. The molecule has 104 valence electrons. The van der Waals surface area contributed by atoms with Gasteiger partial charge in [-0.15, -0.1) is 12.4 Å². The van der Waals surface area contributed by atoms with Crippen molar-refractivity contribution >= 4 is 24.5 Å². The first kappa shape index (κ1) is 15.7. The van der Waals surface area contributed by atoms with Crippen LogP contribution in [-0.4, -0.2) is 26.2 Å². The maximum Gasteiger partial charge on any atom is 0.337 e. The third-order valence-corrected chi connectivity index (χ3v) is 3.18. The molecule has 0 atom stereocenters. The lowest BCUT2D eigenvalue weighted by Crippen LogP contribution is -2.13. The first-order chi connectivity index (χ1) is 8.79. The Bertz CT molecular complexity index is 430. The second-order valence-electron chi connectivity index (χ2n) is 4.52. The number of methoxy groups -OCH3 is 1. The summed E-state index contributed by atoms with van der Waals surface area (Å²) in [5.41, 5.74) is 3.23. The van der Waals surface area contributed by atoms with Crippen molar-refractivity contribution < 1.29 is 9.53 Å². The van der Waals surface area contributed by atoms with Crippen LogP contribution in [0.4, 0.5) is 0 Å². The molecule has 1 aromatic carbocycles. The van der Waals surface area contributed by atoms with Crippen LogP contribution >= 0.6 is 12.4 Å². The lowest BCUT2D eigenvalue weighted by molar-refractivity contribution is 0.0601. The Morgan fingerprint density at radius 3 is 2.63 bits per heavy atom. The summed E-state index contributed by atoms with van der Waals surface area (Å²) in [5.74, 6) is -0.284. The molecule has 1 N–H and O–H groups in total. The molecular weight excluding hydrogens is 262 g/mol. The third-order valence-electron chi connectivity index (χ3n) is 3.18. The number of benzene rings is 1. The number of nitrogens with one attached hydrogen (secondary N) is 1. The lowest BCUT2D eigenvalue weighted by Gasteiger charge is -2.03. The van der Waals surface area contributed by atoms with Crippen LogP contribution < -0.4 is 5.32 Å². The van der Waals surface area contributed by atoms with Gasteiger partial charge in [0, 0.05) is 0 Å². The molecule has 1 fully saturated rings. The Morgan fingerprint density at radius 2 is 1.95 bits per heavy atom. The molecule has 1 aromatic rings. The second kappa shape index (κ2) is 7.97. The van der Waals surface area contributed by atoms with Crippen LogP contribution in [0.1, 0.15) is 35.2 Å². The fourth-order valence-electron chi connectivity index (χ4n) is 2.15. The summed E-state index contributed by atoms with van der Waals surface area (Å²) < 4.78 is 4.68. The molecule has 1 aliphatic rings. The van der Waals surface area contributed by atoms with Crippen molar-refractivity contribution in [1.82, 2.24) is 5.32 Å². The van der Waals surface area contributed by atoms with Gasteiger partial charge in [0.1, 0.15) is 0 Å². The van der Waals surface area contributed by atoms with Gasteiger partial charge in [-0.1, -0.05) is 23.8 Å². The van der Waals surface area contributed by atoms with Crippen LogP contribution in [0, 0.1) is 0 Å². The van der Waals surface area contributed by atoms with E-state index < -0.39 is 0 Å². The lowest BCUT2D eigenvalue weighted by atomic mass is 10.0. The van der Waals surface area contributed by atoms with Crippen LogP contribution in [0.5, 0.6) is 0 Å². The molecule has 0 amide bonds. The monoisotopic (exact) mass is 281 g/mol. The van der Waals surface area contributed by atoms with E-state index in [2.05, 4.69) is 16.1 Å². The second-order valence-corrected chi connectivity index (χ2v) is 4.52. The molecular formula is C15H20ClNO2. The van der Waals surface area contributed by atoms with Gasteiger partial charge in [0.2, 0.25) is 0 Å². The standard InChI is InChI=1S/C15H19NO2.ClH/c1-18-15(17)14-6-4-13(5-7-14)11-12-3-2-9-16-10-8-12;/h4-7,11,16H,2-3,8-10H2,1H3;1H/b12-11+;. The van der Waals surface area contributed by atoms with Gasteiger partial charge >= 0.3 is 5.97 Å². The maximum atomic E-state index is 11.3. The van der Waals surface area contributed by atoms with E-state index >= 15 is 0 Å². The van der Waals surface area contributed by atoms with Crippen LogP contribution in [0.2, 0.25) is 0 Å². The van der Waals surface area contributed by atoms with E-state index in [0.29, 0.717) is 5.56 Å². The van der Waals surface area contributed by atoms with Gasteiger partial charge < -0.3 is 10.1 Å². The number of carbonyl (C=O) groups excluding carboxylic acids is 1. The summed E-state index contributed by atoms with van der Waals surface area (Å²) >= 11 is 0. The number of carbonyl (C=O) groups is 1. The van der Waals surface area contributed by atoms with Crippen molar-refractivity contribution in [2.75, 3.05) is 20.2 Å². The summed E-state index contributed by atoms with van der Waals surface area (Å²) in [5, 5.41) is 3.39. The number of rotatable bonds is 2. The SMILES string of the molecule is COC(=O)c1ccc(/C=C2\CCCNCC2)cc1.Cl. The minimum Gasteiger partial charge on any atom is -0.465 e. The minimum atomic E-state index is -0.284. The van der Waals surface area contributed by atoms with E-state index in [9.17, 15) is 4.79 Å². The van der Waals surface area contributed by atoms with Gasteiger partial charge in [0.25, 0.3) is 0 Å². The number of esters is 1. The molecule has 1 heterocycles. The molecule has 0 aromatic heterocycles. The van der Waals surface area contributed by atoms with Gasteiger partial charge in [-0.25, -0.2) is 4.79 Å². The van der Waals surface area contributed by atoms with Crippen molar-refractivity contribution in [3.63, 3.8) is 0 Å². The molecule has 19 heavy (non-hydrogen) atoms. The summed E-state index contributed by atoms with van der Waals surface area (Å²) in [4.78, 5) is 11.3. The highest BCUT2D eigenvalue weighted by molar-refractivity contribution is 5.89. The Labute approximate surface area is 120 Å². The highest BCUT2D eigenvalue weighted by Gasteiger charge is 2.05. The van der Waals surface area contributed by atoms with Crippen molar-refractivity contribution in [3.8, 4) is 0 Å². The molecule has 1 saturated heterocycles. The molecule has 1 aliphatic heterocycles. The first-order valence-electron chi connectivity index (χ1n) is 6.38. The van der Waals surface area contributed by atoms with Crippen LogP contribution in [0.3, 0.4) is 0 Å². The number of hydrogen-bond donors (Lipinski definition) is 1. The Balaban J connectivity index is 0.00000180. The van der Waals surface area contributed by atoms with Crippen molar-refractivity contribution in [2.45, 2.75) is 19.3 Å². The molecule has 0 saturated carbocycles. The zero-order chi connectivity index (χ0) is 12.8. The van der Waals surface area contributed by atoms with E-state index in [-0.39, 0.29) is 18.4 Å². The van der Waals surface area contributed by atoms with E-state index in [4.69, 9.17) is 0 Å². The molecule has 0 radical (unpaired) electrons. The Morgan fingerprint density at radius 1 is 1.21 bits per heavy atom. The van der Waals surface area contributed by atoms with E-state index in [1.807, 2.05) is 24.3 Å². The number of halogens is 1. The average Bonchev–Trinajstić information content (AvgIpc) is 2.67. The highest BCUT2D eigenvalue weighted by Crippen LogP contribution is 2.17. The normalized spacial score (nSPS) is 17.4. The Hall–Kier alpha value is -1.32. The van der Waals surface area contributed by atoms with Crippen molar-refractivity contribution in [3.05, 3.63) is 41.0 Å². The van der Waals surface area contributed by atoms with E-state index in [1.54, 1.807) is 0 Å². The summed E-state index contributed by atoms with van der Waals surface area (Å²) in [7, 11) is 1.40. The largest absolute Gasteiger partial charge is 0.465 e. The van der Waals surface area contributed by atoms with E-state index in [1.165, 1.54) is 19.1 Å². The maximum absolute atomic E-state index is 11.3. The molecule has 2 rings (SSSR count). The molecule has 0 unspecified atom stereocenters. The van der Waals surface area contributed by atoms with Crippen molar-refractivity contribution in [2.24, 2.45) is 0 Å². The summed E-state index contributed by atoms with van der Waals surface area (Å²) in [6.45, 7) is 2.17. The van der Waals surface area contributed by atoms with E-state index in [0.717, 1.165) is 31.5 Å². The quantitative estimate of drug-likeness (QED) is 0.847. The van der Waals surface area contributed by atoms with Gasteiger partial charge in [-0.3, -0.25) is 0 Å². The molecule has 0 bridgehead atoms. The van der Waals surface area contributed by atoms with Crippen molar-refractivity contribution in [1.29, 1.82) is 0 Å². The predicted molar refractivity (Wildman–Crippen MR) is 79.7 cm³/mol. The fraction of sp³-hybridized carbons (Fsp3) is 0.400. The molecule has 3 nitrogen and oxygen atoms in total. The minimum absolute atomic E-state index is 0. The Kier molecular flexibility index (Phi) is 6.60. The van der Waals surface area contributed by atoms with Crippen LogP contribution in [0.15, 0.2) is 29.8 Å².